The summed E-state index contributed by atoms with van der Waals surface area (Å²) in [6, 6.07) is 13.7. The number of hydrogen-bond donors (Lipinski definition) is 1. The number of hydrogen-bond acceptors (Lipinski definition) is 5. The number of phenols is 1. The Labute approximate surface area is 152 Å². The van der Waals surface area contributed by atoms with Crippen LogP contribution >= 0.6 is 0 Å². The van der Waals surface area contributed by atoms with Crippen molar-refractivity contribution in [3.05, 3.63) is 72.3 Å². The van der Waals surface area contributed by atoms with Crippen molar-refractivity contribution >= 4 is 0 Å². The van der Waals surface area contributed by atoms with Crippen LogP contribution < -0.4 is 4.74 Å². The summed E-state index contributed by atoms with van der Waals surface area (Å²) in [5, 5.41) is 10.4. The van der Waals surface area contributed by atoms with E-state index in [9.17, 15) is 5.11 Å². The predicted molar refractivity (Wildman–Crippen MR) is 100 cm³/mol. The number of aromatic nitrogens is 2. The lowest BCUT2D eigenvalue weighted by atomic mass is 10.0. The van der Waals surface area contributed by atoms with Crippen LogP contribution in [0.3, 0.4) is 0 Å². The van der Waals surface area contributed by atoms with Gasteiger partial charge in [-0.1, -0.05) is 12.1 Å². The highest BCUT2D eigenvalue weighted by Gasteiger charge is 2.19. The molecule has 4 rings (SSSR count). The predicted octanol–water partition coefficient (Wildman–Crippen LogP) is 3.29. The van der Waals surface area contributed by atoms with E-state index < -0.39 is 0 Å². The van der Waals surface area contributed by atoms with E-state index in [1.54, 1.807) is 18.5 Å². The molecule has 26 heavy (non-hydrogen) atoms. The van der Waals surface area contributed by atoms with Gasteiger partial charge in [0.25, 0.3) is 0 Å². The highest BCUT2D eigenvalue weighted by atomic mass is 16.5. The molecule has 5 nitrogen and oxygen atoms in total. The van der Waals surface area contributed by atoms with E-state index in [4.69, 9.17) is 4.74 Å². The molecule has 1 aliphatic heterocycles. The lowest BCUT2D eigenvalue weighted by Gasteiger charge is -2.19. The fourth-order valence-corrected chi connectivity index (χ4v) is 3.26. The number of pyridine rings is 2. The van der Waals surface area contributed by atoms with Crippen LogP contribution in [-0.2, 0) is 13.0 Å². The third-order valence-corrected chi connectivity index (χ3v) is 4.60. The summed E-state index contributed by atoms with van der Waals surface area (Å²) in [4.78, 5) is 10.9. The van der Waals surface area contributed by atoms with Gasteiger partial charge in [0.05, 0.1) is 0 Å². The molecule has 0 atom stereocenters. The van der Waals surface area contributed by atoms with Gasteiger partial charge in [-0.05, 0) is 35.9 Å². The Hall–Kier alpha value is -2.92. The summed E-state index contributed by atoms with van der Waals surface area (Å²) >= 11 is 0. The fourth-order valence-electron chi connectivity index (χ4n) is 3.26. The van der Waals surface area contributed by atoms with Crippen molar-refractivity contribution in [1.29, 1.82) is 0 Å². The lowest BCUT2D eigenvalue weighted by molar-refractivity contribution is 0.224. The largest absolute Gasteiger partial charge is 0.504 e. The Morgan fingerprint density at radius 3 is 2.85 bits per heavy atom. The zero-order chi connectivity index (χ0) is 17.8. The van der Waals surface area contributed by atoms with Crippen LogP contribution in [0, 0.1) is 0 Å². The Bertz CT molecular complexity index is 869. The molecule has 3 aromatic rings. The zero-order valence-corrected chi connectivity index (χ0v) is 14.5. The summed E-state index contributed by atoms with van der Waals surface area (Å²) in [5.41, 5.74) is 4.02. The molecule has 2 aromatic heterocycles. The maximum Gasteiger partial charge on any atom is 0.165 e. The third-order valence-electron chi connectivity index (χ3n) is 4.60. The molecule has 0 saturated heterocycles. The second kappa shape index (κ2) is 7.54. The molecule has 1 N–H and O–H groups in total. The third kappa shape index (κ3) is 3.68. The number of fused-ring (bicyclic) bond motifs is 1. The number of rotatable bonds is 4. The fraction of sp³-hybridized carbons (Fsp3) is 0.238. The van der Waals surface area contributed by atoms with Crippen LogP contribution in [0.25, 0.3) is 11.1 Å². The summed E-state index contributed by atoms with van der Waals surface area (Å²) < 4.78 is 5.83. The molecule has 0 fully saturated rings. The minimum absolute atomic E-state index is 0.188. The average molecular weight is 347 g/mol. The van der Waals surface area contributed by atoms with Crippen LogP contribution in [0.5, 0.6) is 11.5 Å². The normalized spacial score (nSPS) is 14.3. The van der Waals surface area contributed by atoms with Gasteiger partial charge >= 0.3 is 0 Å². The van der Waals surface area contributed by atoms with Crippen molar-refractivity contribution in [2.75, 3.05) is 19.7 Å². The van der Waals surface area contributed by atoms with Crippen molar-refractivity contribution in [1.82, 2.24) is 14.9 Å². The molecule has 0 amide bonds. The number of benzene rings is 1. The van der Waals surface area contributed by atoms with Gasteiger partial charge in [0.15, 0.2) is 11.5 Å². The maximum absolute atomic E-state index is 10.4. The number of phenolic OH excluding ortho intramolecular Hbond substituents is 1. The molecule has 3 heterocycles. The van der Waals surface area contributed by atoms with E-state index in [2.05, 4.69) is 27.0 Å². The molecule has 0 saturated carbocycles. The molecule has 0 spiro atoms. The van der Waals surface area contributed by atoms with Crippen LogP contribution in [-0.4, -0.2) is 39.7 Å². The van der Waals surface area contributed by atoms with Crippen molar-refractivity contribution in [3.8, 4) is 22.6 Å². The SMILES string of the molecule is Oc1cc(-c2cccnc2)cc2c1OCCN(CCc1ccccn1)C2. The van der Waals surface area contributed by atoms with Gasteiger partial charge in [-0.25, -0.2) is 0 Å². The number of nitrogens with zero attached hydrogens (tertiary/aromatic N) is 3. The molecule has 1 aliphatic rings. The Morgan fingerprint density at radius 2 is 2.04 bits per heavy atom. The molecule has 0 radical (unpaired) electrons. The first-order chi connectivity index (χ1) is 12.8. The summed E-state index contributed by atoms with van der Waals surface area (Å²) in [6.45, 7) is 3.03. The van der Waals surface area contributed by atoms with Crippen molar-refractivity contribution in [3.63, 3.8) is 0 Å². The van der Waals surface area contributed by atoms with Crippen molar-refractivity contribution in [2.24, 2.45) is 0 Å². The monoisotopic (exact) mass is 347 g/mol. The van der Waals surface area contributed by atoms with E-state index >= 15 is 0 Å². The highest BCUT2D eigenvalue weighted by Crippen LogP contribution is 2.37. The molecular formula is C21H21N3O2. The first-order valence-electron chi connectivity index (χ1n) is 8.81. The Morgan fingerprint density at radius 1 is 1.08 bits per heavy atom. The minimum Gasteiger partial charge on any atom is -0.504 e. The van der Waals surface area contributed by atoms with Gasteiger partial charge in [0.1, 0.15) is 6.61 Å². The molecule has 5 heteroatoms. The van der Waals surface area contributed by atoms with Crippen molar-refractivity contribution < 1.29 is 9.84 Å². The highest BCUT2D eigenvalue weighted by molar-refractivity contribution is 5.68. The Kier molecular flexibility index (Phi) is 4.80. The van der Waals surface area contributed by atoms with Crippen LogP contribution in [0.15, 0.2) is 61.1 Å². The second-order valence-corrected chi connectivity index (χ2v) is 6.42. The molecule has 1 aromatic carbocycles. The van der Waals surface area contributed by atoms with Gasteiger partial charge in [-0.15, -0.1) is 0 Å². The molecule has 0 unspecified atom stereocenters. The molecular weight excluding hydrogens is 326 g/mol. The summed E-state index contributed by atoms with van der Waals surface area (Å²) in [5.74, 6) is 0.783. The smallest absolute Gasteiger partial charge is 0.165 e. The van der Waals surface area contributed by atoms with Crippen LogP contribution in [0.2, 0.25) is 0 Å². The van der Waals surface area contributed by atoms with Crippen LogP contribution in [0.4, 0.5) is 0 Å². The first kappa shape index (κ1) is 16.5. The summed E-state index contributed by atoms with van der Waals surface area (Å²) in [7, 11) is 0. The average Bonchev–Trinajstić information content (AvgIpc) is 2.90. The lowest BCUT2D eigenvalue weighted by Crippen LogP contribution is -2.28. The van der Waals surface area contributed by atoms with Gasteiger partial charge in [-0.2, -0.15) is 0 Å². The maximum atomic E-state index is 10.4. The van der Waals surface area contributed by atoms with Crippen molar-refractivity contribution in [2.45, 2.75) is 13.0 Å². The summed E-state index contributed by atoms with van der Waals surface area (Å²) in [6.07, 6.45) is 6.27. The molecule has 0 bridgehead atoms. The zero-order valence-electron chi connectivity index (χ0n) is 14.5. The van der Waals surface area contributed by atoms with Gasteiger partial charge < -0.3 is 9.84 Å². The minimum atomic E-state index is 0.188. The van der Waals surface area contributed by atoms with E-state index in [1.165, 1.54) is 0 Å². The van der Waals surface area contributed by atoms with E-state index in [1.807, 2.05) is 30.5 Å². The standard InChI is InChI=1S/C21H21N3O2/c25-20-13-17(16-4-3-7-22-14-16)12-18-15-24(10-11-26-21(18)20)9-6-19-5-1-2-8-23-19/h1-5,7-8,12-14,25H,6,9-11,15H2. The van der Waals surface area contributed by atoms with Gasteiger partial charge in [0, 0.05) is 61.5 Å². The molecule has 0 aliphatic carbocycles. The Balaban J connectivity index is 1.56. The van der Waals surface area contributed by atoms with E-state index in [-0.39, 0.29) is 5.75 Å². The second-order valence-electron chi connectivity index (χ2n) is 6.42. The first-order valence-corrected chi connectivity index (χ1v) is 8.81. The van der Waals surface area contributed by atoms with E-state index in [0.29, 0.717) is 12.4 Å². The van der Waals surface area contributed by atoms with E-state index in [0.717, 1.165) is 48.4 Å². The van der Waals surface area contributed by atoms with Crippen LogP contribution in [0.1, 0.15) is 11.3 Å². The number of aromatic hydroxyl groups is 1. The van der Waals surface area contributed by atoms with Gasteiger partial charge in [0.2, 0.25) is 0 Å². The topological polar surface area (TPSA) is 58.5 Å². The quantitative estimate of drug-likeness (QED) is 0.785. The molecule has 132 valence electrons. The number of ether oxygens (including phenoxy) is 1. The van der Waals surface area contributed by atoms with Gasteiger partial charge in [-0.3, -0.25) is 14.9 Å².